The molecule has 0 saturated carbocycles. The first-order valence-electron chi connectivity index (χ1n) is 9.12. The van der Waals surface area contributed by atoms with E-state index >= 15 is 0 Å². The molecule has 3 amide bonds. The number of carbonyl (C=O) groups is 2. The molecular formula is C19H22F3N5O3. The molecule has 11 heteroatoms. The Morgan fingerprint density at radius 2 is 1.83 bits per heavy atom. The number of benzene rings is 1. The number of alkyl halides is 3. The summed E-state index contributed by atoms with van der Waals surface area (Å²) in [5.41, 5.74) is 11.4. The van der Waals surface area contributed by atoms with E-state index in [2.05, 4.69) is 9.84 Å². The number of halogens is 3. The lowest BCUT2D eigenvalue weighted by atomic mass is 9.81. The average molecular weight is 425 g/mol. The van der Waals surface area contributed by atoms with Crippen LogP contribution in [0.3, 0.4) is 0 Å². The highest BCUT2D eigenvalue weighted by molar-refractivity contribution is 6.00. The highest BCUT2D eigenvalue weighted by Gasteiger charge is 2.43. The fourth-order valence-corrected chi connectivity index (χ4v) is 3.80. The first-order valence-corrected chi connectivity index (χ1v) is 9.12. The van der Waals surface area contributed by atoms with E-state index in [1.807, 2.05) is 20.8 Å². The van der Waals surface area contributed by atoms with Gasteiger partial charge in [-0.1, -0.05) is 32.9 Å². The summed E-state index contributed by atoms with van der Waals surface area (Å²) in [6, 6.07) is 3.87. The Bertz CT molecular complexity index is 994. The van der Waals surface area contributed by atoms with E-state index in [9.17, 15) is 22.8 Å². The molecule has 8 nitrogen and oxygen atoms in total. The van der Waals surface area contributed by atoms with Crippen LogP contribution < -0.4 is 16.2 Å². The van der Waals surface area contributed by atoms with Crippen molar-refractivity contribution in [3.8, 4) is 17.0 Å². The predicted molar refractivity (Wildman–Crippen MR) is 101 cm³/mol. The molecule has 0 bridgehead atoms. The average Bonchev–Trinajstić information content (AvgIpc) is 2.98. The number of fused-ring (bicyclic) bond motifs is 1. The summed E-state index contributed by atoms with van der Waals surface area (Å²) in [6.07, 6.45) is -4.86. The number of nitrogens with two attached hydrogens (primary N) is 2. The zero-order chi connectivity index (χ0) is 22.4. The first kappa shape index (κ1) is 21.5. The molecule has 0 radical (unpaired) electrons. The molecule has 2 heterocycles. The number of hydrogen-bond donors (Lipinski definition) is 2. The molecule has 1 unspecified atom stereocenters. The number of ether oxygens (including phenoxy) is 1. The van der Waals surface area contributed by atoms with E-state index in [1.165, 1.54) is 17.0 Å². The number of rotatable bonds is 3. The zero-order valence-corrected chi connectivity index (χ0v) is 16.7. The molecule has 0 aliphatic carbocycles. The molecule has 0 saturated heterocycles. The van der Waals surface area contributed by atoms with Crippen LogP contribution in [0.4, 0.5) is 18.0 Å². The van der Waals surface area contributed by atoms with E-state index in [0.717, 1.165) is 12.1 Å². The monoisotopic (exact) mass is 425 g/mol. The molecule has 2 aromatic rings. The summed E-state index contributed by atoms with van der Waals surface area (Å²) in [4.78, 5) is 25.9. The van der Waals surface area contributed by atoms with Gasteiger partial charge in [-0.2, -0.15) is 5.10 Å². The normalized spacial score (nSPS) is 16.9. The number of hydrogen-bond acceptors (Lipinski definition) is 4. The second-order valence-electron chi connectivity index (χ2n) is 8.07. The van der Waals surface area contributed by atoms with Crippen LogP contribution in [0.2, 0.25) is 0 Å². The number of aromatic nitrogens is 2. The Kier molecular flexibility index (Phi) is 5.17. The van der Waals surface area contributed by atoms with E-state index < -0.39 is 35.5 Å². The van der Waals surface area contributed by atoms with Crippen molar-refractivity contribution in [3.05, 3.63) is 35.5 Å². The van der Waals surface area contributed by atoms with Gasteiger partial charge in [0.2, 0.25) is 0 Å². The minimum absolute atomic E-state index is 0.0324. The molecule has 4 N–H and O–H groups in total. The van der Waals surface area contributed by atoms with Crippen molar-refractivity contribution in [2.45, 2.75) is 39.7 Å². The molecule has 0 fully saturated rings. The highest BCUT2D eigenvalue weighted by Crippen LogP contribution is 2.44. The molecule has 0 spiro atoms. The number of primary amides is 2. The minimum atomic E-state index is -4.86. The molecule has 3 rings (SSSR count). The Morgan fingerprint density at radius 3 is 2.37 bits per heavy atom. The van der Waals surface area contributed by atoms with Gasteiger partial charge in [0, 0.05) is 12.1 Å². The second kappa shape index (κ2) is 7.22. The lowest BCUT2D eigenvalue weighted by Gasteiger charge is -2.42. The van der Waals surface area contributed by atoms with Crippen molar-refractivity contribution in [2.75, 3.05) is 6.54 Å². The maximum atomic E-state index is 12.6. The van der Waals surface area contributed by atoms with Gasteiger partial charge in [-0.25, -0.2) is 4.79 Å². The predicted octanol–water partition coefficient (Wildman–Crippen LogP) is 3.03. The third-order valence-electron chi connectivity index (χ3n) is 4.81. The lowest BCUT2D eigenvalue weighted by Crippen LogP contribution is -2.49. The summed E-state index contributed by atoms with van der Waals surface area (Å²) >= 11 is 0. The van der Waals surface area contributed by atoms with Crippen LogP contribution in [0.25, 0.3) is 11.3 Å². The number of carbonyl (C=O) groups excluding carboxylic acids is 2. The van der Waals surface area contributed by atoms with Crippen LogP contribution in [0.15, 0.2) is 24.3 Å². The molecule has 1 atom stereocenters. The minimum Gasteiger partial charge on any atom is -0.406 e. The second-order valence-corrected chi connectivity index (χ2v) is 8.07. The van der Waals surface area contributed by atoms with Crippen molar-refractivity contribution >= 4 is 11.9 Å². The lowest BCUT2D eigenvalue weighted by molar-refractivity contribution is -0.274. The summed E-state index contributed by atoms with van der Waals surface area (Å²) in [7, 11) is 0. The molecule has 1 aromatic heterocycles. The summed E-state index contributed by atoms with van der Waals surface area (Å²) in [5, 5.41) is 4.44. The smallest absolute Gasteiger partial charge is 0.406 e. The standard InChI is InChI=1S/C19H22F3N5O3/c1-18(2,3)15-14-12(16(23)28)13(25-27(14)8-7-26(15)17(24)29)10-5-4-6-11(9-10)30-19(20,21)22/h4-6,9,15H,7-8H2,1-3H3,(H2,23,28)(H2,24,29). The topological polar surface area (TPSA) is 116 Å². The van der Waals surface area contributed by atoms with Gasteiger partial charge in [-0.15, -0.1) is 13.2 Å². The third kappa shape index (κ3) is 4.05. The van der Waals surface area contributed by atoms with Gasteiger partial charge in [0.25, 0.3) is 5.91 Å². The van der Waals surface area contributed by atoms with Crippen LogP contribution in [-0.4, -0.2) is 39.5 Å². The van der Waals surface area contributed by atoms with E-state index in [-0.39, 0.29) is 29.9 Å². The summed E-state index contributed by atoms with van der Waals surface area (Å²) < 4.78 is 43.3. The maximum Gasteiger partial charge on any atom is 0.573 e. The zero-order valence-electron chi connectivity index (χ0n) is 16.7. The van der Waals surface area contributed by atoms with E-state index in [4.69, 9.17) is 11.5 Å². The van der Waals surface area contributed by atoms with Gasteiger partial charge in [0.1, 0.15) is 11.4 Å². The molecular weight excluding hydrogens is 403 g/mol. The van der Waals surface area contributed by atoms with Gasteiger partial charge >= 0.3 is 12.4 Å². The van der Waals surface area contributed by atoms with Crippen LogP contribution in [0.1, 0.15) is 42.9 Å². The SMILES string of the molecule is CC(C)(C)C1c2c(C(N)=O)c(-c3cccc(OC(F)(F)F)c3)nn2CCN1C(N)=O. The van der Waals surface area contributed by atoms with Crippen LogP contribution in [0, 0.1) is 5.41 Å². The quantitative estimate of drug-likeness (QED) is 0.786. The molecule has 1 aromatic carbocycles. The summed E-state index contributed by atoms with van der Waals surface area (Å²) in [6.45, 7) is 6.14. The Morgan fingerprint density at radius 1 is 1.17 bits per heavy atom. The Labute approximate surface area is 170 Å². The molecule has 1 aliphatic heterocycles. The molecule has 30 heavy (non-hydrogen) atoms. The van der Waals surface area contributed by atoms with Crippen LogP contribution >= 0.6 is 0 Å². The van der Waals surface area contributed by atoms with E-state index in [0.29, 0.717) is 5.69 Å². The number of urea groups is 1. The first-order chi connectivity index (χ1) is 13.8. The van der Waals surface area contributed by atoms with Crippen molar-refractivity contribution in [1.82, 2.24) is 14.7 Å². The van der Waals surface area contributed by atoms with Gasteiger partial charge in [-0.3, -0.25) is 9.48 Å². The van der Waals surface area contributed by atoms with Gasteiger partial charge in [0.15, 0.2) is 0 Å². The summed E-state index contributed by atoms with van der Waals surface area (Å²) in [5.74, 6) is -1.26. The van der Waals surface area contributed by atoms with Crippen molar-refractivity contribution < 1.29 is 27.5 Å². The van der Waals surface area contributed by atoms with Gasteiger partial charge < -0.3 is 21.1 Å². The van der Waals surface area contributed by atoms with Gasteiger partial charge in [-0.05, 0) is 17.5 Å². The molecule has 162 valence electrons. The third-order valence-corrected chi connectivity index (χ3v) is 4.81. The number of amides is 3. The maximum absolute atomic E-state index is 12.6. The number of nitrogens with zero attached hydrogens (tertiary/aromatic N) is 3. The fraction of sp³-hybridized carbons (Fsp3) is 0.421. The Balaban J connectivity index is 2.20. The fourth-order valence-electron chi connectivity index (χ4n) is 3.80. The van der Waals surface area contributed by atoms with E-state index in [1.54, 1.807) is 4.68 Å². The van der Waals surface area contributed by atoms with Crippen molar-refractivity contribution in [3.63, 3.8) is 0 Å². The largest absolute Gasteiger partial charge is 0.573 e. The Hall–Kier alpha value is -3.24. The highest BCUT2D eigenvalue weighted by atomic mass is 19.4. The van der Waals surface area contributed by atoms with Crippen molar-refractivity contribution in [2.24, 2.45) is 16.9 Å². The van der Waals surface area contributed by atoms with Crippen LogP contribution in [0.5, 0.6) is 5.75 Å². The van der Waals surface area contributed by atoms with Crippen molar-refractivity contribution in [1.29, 1.82) is 0 Å². The molecule has 1 aliphatic rings. The van der Waals surface area contributed by atoms with Crippen LogP contribution in [-0.2, 0) is 6.54 Å². The van der Waals surface area contributed by atoms with Gasteiger partial charge in [0.05, 0.1) is 23.8 Å².